The molecule has 1 aromatic carbocycles. The van der Waals surface area contributed by atoms with Gasteiger partial charge in [0.25, 0.3) is 5.91 Å². The van der Waals surface area contributed by atoms with Gasteiger partial charge >= 0.3 is 0 Å². The number of carbonyl (C=O) groups excluding carboxylic acids is 3. The molecule has 1 aromatic rings. The quantitative estimate of drug-likeness (QED) is 0.555. The fraction of sp³-hybridized carbons (Fsp3) is 0.222. The van der Waals surface area contributed by atoms with Gasteiger partial charge in [0.2, 0.25) is 5.91 Å². The lowest BCUT2D eigenvalue weighted by Gasteiger charge is -2.14. The van der Waals surface area contributed by atoms with Crippen LogP contribution in [0.25, 0.3) is 6.08 Å². The highest BCUT2D eigenvalue weighted by atomic mass is 32.2. The predicted octanol–water partition coefficient (Wildman–Crippen LogP) is 1.09. The summed E-state index contributed by atoms with van der Waals surface area (Å²) in [6, 6.07) is 9.73. The van der Waals surface area contributed by atoms with Gasteiger partial charge in [-0.3, -0.25) is 14.5 Å². The van der Waals surface area contributed by atoms with Crippen LogP contribution in [0.5, 0.6) is 0 Å². The van der Waals surface area contributed by atoms with E-state index in [9.17, 15) is 19.5 Å². The molecule has 0 radical (unpaired) electrons. The van der Waals surface area contributed by atoms with Crippen LogP contribution in [0, 0.1) is 0 Å². The van der Waals surface area contributed by atoms with Crippen LogP contribution >= 0.6 is 24.0 Å². The van der Waals surface area contributed by atoms with Crippen LogP contribution in [0.15, 0.2) is 46.9 Å². The number of carboxylic acids is 1. The highest BCUT2D eigenvalue weighted by molar-refractivity contribution is 8.26. The van der Waals surface area contributed by atoms with Gasteiger partial charge in [-0.2, -0.15) is 0 Å². The standard InChI is InChI=1S/C18H18N2O4S2/c1-12(9-13-5-3-2-4-6-13)10-14-17(24)20(18(25)26-14)8-7-15(21)19-11-16(22)23/h2-6,9-10H,7-8,11H2,1H3,(H,19,21)(H,22,23)/p-1/b12-9+,14-10-. The third-order valence-electron chi connectivity index (χ3n) is 3.42. The molecule has 1 saturated heterocycles. The molecule has 0 spiro atoms. The van der Waals surface area contributed by atoms with Gasteiger partial charge in [-0.15, -0.1) is 0 Å². The summed E-state index contributed by atoms with van der Waals surface area (Å²) >= 11 is 6.39. The Kier molecular flexibility index (Phi) is 7.11. The summed E-state index contributed by atoms with van der Waals surface area (Å²) < 4.78 is 0.376. The Hall–Kier alpha value is -2.45. The van der Waals surface area contributed by atoms with Crippen molar-refractivity contribution >= 4 is 52.2 Å². The molecule has 0 unspecified atom stereocenters. The Bertz CT molecular complexity index is 788. The number of aliphatic carboxylic acids is 1. The highest BCUT2D eigenvalue weighted by Gasteiger charge is 2.31. The van der Waals surface area contributed by atoms with Crippen molar-refractivity contribution in [1.29, 1.82) is 0 Å². The van der Waals surface area contributed by atoms with Crippen molar-refractivity contribution in [1.82, 2.24) is 10.2 Å². The summed E-state index contributed by atoms with van der Waals surface area (Å²) in [5.41, 5.74) is 1.93. The summed E-state index contributed by atoms with van der Waals surface area (Å²) in [6.45, 7) is 1.44. The predicted molar refractivity (Wildman–Crippen MR) is 103 cm³/mol. The molecule has 6 nitrogen and oxygen atoms in total. The van der Waals surface area contributed by atoms with Crippen molar-refractivity contribution in [2.75, 3.05) is 13.1 Å². The first-order valence-electron chi connectivity index (χ1n) is 7.82. The Morgan fingerprint density at radius 1 is 1.31 bits per heavy atom. The zero-order valence-electron chi connectivity index (χ0n) is 14.1. The van der Waals surface area contributed by atoms with Crippen molar-refractivity contribution in [3.05, 3.63) is 52.4 Å². The van der Waals surface area contributed by atoms with E-state index in [0.29, 0.717) is 9.23 Å². The summed E-state index contributed by atoms with van der Waals surface area (Å²) in [7, 11) is 0. The number of benzene rings is 1. The van der Waals surface area contributed by atoms with Crippen LogP contribution in [-0.2, 0) is 14.4 Å². The van der Waals surface area contributed by atoms with Crippen molar-refractivity contribution in [2.24, 2.45) is 0 Å². The number of nitrogens with zero attached hydrogens (tertiary/aromatic N) is 1. The number of carbonyl (C=O) groups is 3. The second-order valence-corrected chi connectivity index (χ2v) is 7.21. The lowest BCUT2D eigenvalue weighted by atomic mass is 10.1. The molecule has 1 aliphatic rings. The van der Waals surface area contributed by atoms with Crippen molar-refractivity contribution in [3.8, 4) is 0 Å². The number of hydrogen-bond acceptors (Lipinski definition) is 6. The minimum absolute atomic E-state index is 0.0359. The average molecular weight is 389 g/mol. The van der Waals surface area contributed by atoms with Gasteiger partial charge in [0.15, 0.2) is 0 Å². The minimum Gasteiger partial charge on any atom is -0.548 e. The average Bonchev–Trinajstić information content (AvgIpc) is 2.85. The molecular formula is C18H17N2O4S2-. The number of hydrogen-bond donors (Lipinski definition) is 1. The third kappa shape index (κ3) is 5.82. The normalized spacial score (nSPS) is 16.3. The van der Waals surface area contributed by atoms with Gasteiger partial charge in [-0.05, 0) is 24.1 Å². The summed E-state index contributed by atoms with van der Waals surface area (Å²) in [6.07, 6.45) is 3.69. The molecule has 136 valence electrons. The zero-order chi connectivity index (χ0) is 19.1. The molecule has 1 fully saturated rings. The summed E-state index contributed by atoms with van der Waals surface area (Å²) in [5, 5.41) is 12.5. The van der Waals surface area contributed by atoms with Crippen molar-refractivity contribution in [2.45, 2.75) is 13.3 Å². The number of rotatable bonds is 7. The molecule has 0 aliphatic carbocycles. The van der Waals surface area contributed by atoms with Crippen molar-refractivity contribution in [3.63, 3.8) is 0 Å². The number of thioether (sulfide) groups is 1. The van der Waals surface area contributed by atoms with Gasteiger partial charge in [0.1, 0.15) is 4.32 Å². The smallest absolute Gasteiger partial charge is 0.266 e. The summed E-state index contributed by atoms with van der Waals surface area (Å²) in [5.74, 6) is -2.10. The number of amides is 2. The van der Waals surface area contributed by atoms with Gasteiger partial charge in [-0.25, -0.2) is 0 Å². The van der Waals surface area contributed by atoms with Gasteiger partial charge in [0, 0.05) is 13.0 Å². The first-order chi connectivity index (χ1) is 12.4. The maximum absolute atomic E-state index is 12.5. The van der Waals surface area contributed by atoms with Crippen LogP contribution < -0.4 is 10.4 Å². The van der Waals surface area contributed by atoms with E-state index in [1.807, 2.05) is 43.3 Å². The van der Waals surface area contributed by atoms with Crippen LogP contribution in [0.4, 0.5) is 0 Å². The van der Waals surface area contributed by atoms with E-state index in [2.05, 4.69) is 5.32 Å². The van der Waals surface area contributed by atoms with Crippen LogP contribution in [-0.4, -0.2) is 40.1 Å². The first-order valence-corrected chi connectivity index (χ1v) is 9.04. The second kappa shape index (κ2) is 9.30. The Morgan fingerprint density at radius 2 is 2.00 bits per heavy atom. The molecule has 26 heavy (non-hydrogen) atoms. The topological polar surface area (TPSA) is 89.5 Å². The summed E-state index contributed by atoms with van der Waals surface area (Å²) in [4.78, 5) is 36.2. The fourth-order valence-electron chi connectivity index (χ4n) is 2.23. The van der Waals surface area contributed by atoms with E-state index >= 15 is 0 Å². The van der Waals surface area contributed by atoms with E-state index in [1.54, 1.807) is 6.08 Å². The lowest BCUT2D eigenvalue weighted by Crippen LogP contribution is -2.39. The first kappa shape index (κ1) is 19.9. The molecule has 0 aromatic heterocycles. The maximum Gasteiger partial charge on any atom is 0.266 e. The molecule has 0 bridgehead atoms. The number of thiocarbonyl (C=S) groups is 1. The monoisotopic (exact) mass is 389 g/mol. The fourth-order valence-corrected chi connectivity index (χ4v) is 3.58. The van der Waals surface area contributed by atoms with Gasteiger partial charge in [-0.1, -0.05) is 60.4 Å². The SMILES string of the molecule is CC(/C=C1\SC(=S)N(CCC(=O)NCC(=O)[O-])C1=O)=C\c1ccccc1. The van der Waals surface area contributed by atoms with Crippen LogP contribution in [0.2, 0.25) is 0 Å². The van der Waals surface area contributed by atoms with E-state index in [-0.39, 0.29) is 18.9 Å². The lowest BCUT2D eigenvalue weighted by molar-refractivity contribution is -0.304. The highest BCUT2D eigenvalue weighted by Crippen LogP contribution is 2.32. The van der Waals surface area contributed by atoms with E-state index < -0.39 is 18.4 Å². The maximum atomic E-state index is 12.5. The molecule has 1 heterocycles. The van der Waals surface area contributed by atoms with Crippen LogP contribution in [0.1, 0.15) is 18.9 Å². The largest absolute Gasteiger partial charge is 0.548 e. The second-order valence-electron chi connectivity index (χ2n) is 5.53. The van der Waals surface area contributed by atoms with Crippen molar-refractivity contribution < 1.29 is 19.5 Å². The third-order valence-corrected chi connectivity index (χ3v) is 4.80. The molecule has 2 rings (SSSR count). The Labute approximate surface area is 160 Å². The molecule has 8 heteroatoms. The molecule has 0 atom stereocenters. The van der Waals surface area contributed by atoms with Gasteiger partial charge in [0.05, 0.1) is 17.4 Å². The minimum atomic E-state index is -1.37. The Morgan fingerprint density at radius 3 is 2.65 bits per heavy atom. The molecule has 2 amide bonds. The van der Waals surface area contributed by atoms with E-state index in [0.717, 1.165) is 11.1 Å². The zero-order valence-corrected chi connectivity index (χ0v) is 15.7. The molecule has 0 saturated carbocycles. The van der Waals surface area contributed by atoms with E-state index in [4.69, 9.17) is 12.2 Å². The van der Waals surface area contributed by atoms with Crippen LogP contribution in [0.3, 0.4) is 0 Å². The molecular weight excluding hydrogens is 372 g/mol. The number of carboxylic acid groups (broad SMARTS) is 1. The molecule has 1 N–H and O–H groups in total. The van der Waals surface area contributed by atoms with E-state index in [1.165, 1.54) is 16.7 Å². The number of nitrogens with one attached hydrogen (secondary N) is 1. The Balaban J connectivity index is 1.98. The van der Waals surface area contributed by atoms with Gasteiger partial charge < -0.3 is 15.2 Å². The molecule has 1 aliphatic heterocycles. The number of allylic oxidation sites excluding steroid dienone is 2.